The molecule has 1 aromatic heterocycles. The first-order chi connectivity index (χ1) is 15.5. The number of aryl methyl sites for hydroxylation is 1. The number of rotatable bonds is 8. The summed E-state index contributed by atoms with van der Waals surface area (Å²) in [7, 11) is 1.75. The molecule has 1 aliphatic rings. The Kier molecular flexibility index (Phi) is 8.30. The molecule has 172 valence electrons. The van der Waals surface area contributed by atoms with Crippen molar-refractivity contribution in [1.29, 1.82) is 0 Å². The lowest BCUT2D eigenvalue weighted by molar-refractivity contribution is -0.122. The van der Waals surface area contributed by atoms with E-state index in [2.05, 4.69) is 31.6 Å². The van der Waals surface area contributed by atoms with E-state index in [0.717, 1.165) is 48.6 Å². The number of ether oxygens (including phenoxy) is 1. The van der Waals surface area contributed by atoms with Crippen LogP contribution in [0.4, 0.5) is 5.82 Å². The van der Waals surface area contributed by atoms with Crippen LogP contribution >= 0.6 is 0 Å². The highest BCUT2D eigenvalue weighted by Gasteiger charge is 2.25. The molecule has 0 saturated carbocycles. The van der Waals surface area contributed by atoms with E-state index in [0.29, 0.717) is 19.0 Å². The van der Waals surface area contributed by atoms with E-state index in [-0.39, 0.29) is 17.9 Å². The van der Waals surface area contributed by atoms with Gasteiger partial charge in [0.2, 0.25) is 5.91 Å². The Morgan fingerprint density at radius 2 is 2.00 bits per heavy atom. The van der Waals surface area contributed by atoms with E-state index in [1.165, 1.54) is 0 Å². The standard InChI is InChI=1S/C24H34N6O2/c1-17-7-4-5-9-21(17)32-18(2)15-28-24(26-3)29-16-20-8-6-12-27-23(20)30-13-10-19(11-14-30)22(25)31/h4-9,12,18-19H,10-11,13-16H2,1-3H3,(H2,25,31)(H2,26,28,29). The minimum absolute atomic E-state index is 0.0184. The first kappa shape index (κ1) is 23.4. The molecule has 2 heterocycles. The van der Waals surface area contributed by atoms with Gasteiger partial charge in [0.1, 0.15) is 17.7 Å². The van der Waals surface area contributed by atoms with Crippen LogP contribution < -0.4 is 26.0 Å². The molecule has 1 aliphatic heterocycles. The third kappa shape index (κ3) is 6.35. The highest BCUT2D eigenvalue weighted by molar-refractivity contribution is 5.80. The Balaban J connectivity index is 1.52. The average molecular weight is 439 g/mol. The fourth-order valence-corrected chi connectivity index (χ4v) is 3.82. The lowest BCUT2D eigenvalue weighted by atomic mass is 9.96. The van der Waals surface area contributed by atoms with Crippen molar-refractivity contribution >= 4 is 17.7 Å². The number of amides is 1. The van der Waals surface area contributed by atoms with Gasteiger partial charge in [0.25, 0.3) is 0 Å². The summed E-state index contributed by atoms with van der Waals surface area (Å²) in [5.41, 5.74) is 7.66. The number of para-hydroxylation sites is 1. The molecule has 0 radical (unpaired) electrons. The molecule has 0 spiro atoms. The lowest BCUT2D eigenvalue weighted by Crippen LogP contribution is -2.42. The van der Waals surface area contributed by atoms with E-state index >= 15 is 0 Å². The fraction of sp³-hybridized carbons (Fsp3) is 0.458. The number of nitrogens with zero attached hydrogens (tertiary/aromatic N) is 3. The molecule has 1 fully saturated rings. The zero-order valence-corrected chi connectivity index (χ0v) is 19.2. The number of benzene rings is 1. The molecule has 8 nitrogen and oxygen atoms in total. The van der Waals surface area contributed by atoms with Crippen molar-refractivity contribution < 1.29 is 9.53 Å². The number of carbonyl (C=O) groups is 1. The van der Waals surface area contributed by atoms with Gasteiger partial charge in [0.15, 0.2) is 5.96 Å². The molecule has 4 N–H and O–H groups in total. The Labute approximate surface area is 190 Å². The number of hydrogen-bond donors (Lipinski definition) is 3. The Morgan fingerprint density at radius 3 is 2.69 bits per heavy atom. The zero-order chi connectivity index (χ0) is 22.9. The minimum atomic E-state index is -0.205. The number of nitrogens with one attached hydrogen (secondary N) is 2. The summed E-state index contributed by atoms with van der Waals surface area (Å²) in [6, 6.07) is 12.0. The van der Waals surface area contributed by atoms with Gasteiger partial charge in [-0.1, -0.05) is 24.3 Å². The van der Waals surface area contributed by atoms with Gasteiger partial charge in [-0.3, -0.25) is 9.79 Å². The fourth-order valence-electron chi connectivity index (χ4n) is 3.82. The number of aliphatic imine (C=N–C) groups is 1. The van der Waals surface area contributed by atoms with Crippen molar-refractivity contribution in [2.24, 2.45) is 16.6 Å². The largest absolute Gasteiger partial charge is 0.489 e. The van der Waals surface area contributed by atoms with Crippen molar-refractivity contribution in [3.05, 3.63) is 53.7 Å². The number of carbonyl (C=O) groups excluding carboxylic acids is 1. The van der Waals surface area contributed by atoms with Crippen LogP contribution in [0.1, 0.15) is 30.9 Å². The molecule has 0 aliphatic carbocycles. The summed E-state index contributed by atoms with van der Waals surface area (Å²) in [5.74, 6) is 2.29. The zero-order valence-electron chi connectivity index (χ0n) is 19.2. The second-order valence-corrected chi connectivity index (χ2v) is 8.15. The number of anilines is 1. The quantitative estimate of drug-likeness (QED) is 0.431. The lowest BCUT2D eigenvalue weighted by Gasteiger charge is -2.32. The van der Waals surface area contributed by atoms with Gasteiger partial charge in [-0.05, 0) is 44.4 Å². The molecule has 8 heteroatoms. The molecule has 1 saturated heterocycles. The summed E-state index contributed by atoms with van der Waals surface area (Å²) in [6.07, 6.45) is 3.31. The number of hydrogen-bond acceptors (Lipinski definition) is 5. The highest BCUT2D eigenvalue weighted by Crippen LogP contribution is 2.24. The van der Waals surface area contributed by atoms with Crippen molar-refractivity contribution in [1.82, 2.24) is 15.6 Å². The summed E-state index contributed by atoms with van der Waals surface area (Å²) in [6.45, 7) is 6.83. The number of aromatic nitrogens is 1. The van der Waals surface area contributed by atoms with Crippen molar-refractivity contribution in [3.8, 4) is 5.75 Å². The predicted octanol–water partition coefficient (Wildman–Crippen LogP) is 2.22. The Bertz CT molecular complexity index is 924. The van der Waals surface area contributed by atoms with Crippen LogP contribution in [-0.4, -0.2) is 49.6 Å². The normalized spacial score (nSPS) is 15.8. The number of nitrogens with two attached hydrogens (primary N) is 1. The average Bonchev–Trinajstić information content (AvgIpc) is 2.81. The third-order valence-corrected chi connectivity index (χ3v) is 5.71. The summed E-state index contributed by atoms with van der Waals surface area (Å²) in [5, 5.41) is 6.69. The van der Waals surface area contributed by atoms with Crippen LogP contribution in [-0.2, 0) is 11.3 Å². The first-order valence-corrected chi connectivity index (χ1v) is 11.1. The maximum absolute atomic E-state index is 11.5. The summed E-state index contributed by atoms with van der Waals surface area (Å²) < 4.78 is 6.03. The molecule has 3 rings (SSSR count). The van der Waals surface area contributed by atoms with Gasteiger partial charge in [-0.15, -0.1) is 0 Å². The van der Waals surface area contributed by atoms with E-state index in [9.17, 15) is 4.79 Å². The van der Waals surface area contributed by atoms with Crippen LogP contribution in [0.2, 0.25) is 0 Å². The summed E-state index contributed by atoms with van der Waals surface area (Å²) >= 11 is 0. The molecule has 1 amide bonds. The van der Waals surface area contributed by atoms with Crippen LogP contribution in [0, 0.1) is 12.8 Å². The molecule has 1 atom stereocenters. The number of pyridine rings is 1. The van der Waals surface area contributed by atoms with Gasteiger partial charge in [0.05, 0.1) is 6.54 Å². The van der Waals surface area contributed by atoms with Gasteiger partial charge < -0.3 is 26.0 Å². The second-order valence-electron chi connectivity index (χ2n) is 8.15. The van der Waals surface area contributed by atoms with Crippen LogP contribution in [0.5, 0.6) is 5.75 Å². The first-order valence-electron chi connectivity index (χ1n) is 11.1. The van der Waals surface area contributed by atoms with E-state index < -0.39 is 0 Å². The highest BCUT2D eigenvalue weighted by atomic mass is 16.5. The van der Waals surface area contributed by atoms with Crippen molar-refractivity contribution in [3.63, 3.8) is 0 Å². The van der Waals surface area contributed by atoms with Crippen molar-refractivity contribution in [2.45, 2.75) is 39.3 Å². The molecule has 1 aromatic carbocycles. The maximum atomic E-state index is 11.5. The van der Waals surface area contributed by atoms with Gasteiger partial charge in [-0.2, -0.15) is 0 Å². The molecule has 0 bridgehead atoms. The molecule has 1 unspecified atom stereocenters. The number of primary amides is 1. The smallest absolute Gasteiger partial charge is 0.220 e. The third-order valence-electron chi connectivity index (χ3n) is 5.71. The number of guanidine groups is 1. The van der Waals surface area contributed by atoms with Crippen LogP contribution in [0.15, 0.2) is 47.6 Å². The SMILES string of the molecule is CN=C(NCc1cccnc1N1CCC(C(N)=O)CC1)NCC(C)Oc1ccccc1C. The Morgan fingerprint density at radius 1 is 1.25 bits per heavy atom. The molecule has 2 aromatic rings. The second kappa shape index (κ2) is 11.4. The van der Waals surface area contributed by atoms with E-state index in [4.69, 9.17) is 10.5 Å². The van der Waals surface area contributed by atoms with Crippen molar-refractivity contribution in [2.75, 3.05) is 31.6 Å². The minimum Gasteiger partial charge on any atom is -0.489 e. The predicted molar refractivity (Wildman–Crippen MR) is 128 cm³/mol. The molecular formula is C24H34N6O2. The Hall–Kier alpha value is -3.29. The van der Waals surface area contributed by atoms with E-state index in [1.54, 1.807) is 13.2 Å². The topological polar surface area (TPSA) is 105 Å². The van der Waals surface area contributed by atoms with Gasteiger partial charge in [-0.25, -0.2) is 4.98 Å². The van der Waals surface area contributed by atoms with Crippen LogP contribution in [0.3, 0.4) is 0 Å². The van der Waals surface area contributed by atoms with E-state index in [1.807, 2.05) is 44.2 Å². The molecular weight excluding hydrogens is 404 g/mol. The molecule has 32 heavy (non-hydrogen) atoms. The monoisotopic (exact) mass is 438 g/mol. The van der Waals surface area contributed by atoms with Gasteiger partial charge >= 0.3 is 0 Å². The van der Waals surface area contributed by atoms with Gasteiger partial charge in [0, 0.05) is 44.4 Å². The summed E-state index contributed by atoms with van der Waals surface area (Å²) in [4.78, 5) is 22.6. The maximum Gasteiger partial charge on any atom is 0.220 e. The number of piperidine rings is 1. The van der Waals surface area contributed by atoms with Crippen LogP contribution in [0.25, 0.3) is 0 Å².